The number of rotatable bonds is 3. The van der Waals surface area contributed by atoms with E-state index in [9.17, 15) is 0 Å². The lowest BCUT2D eigenvalue weighted by molar-refractivity contribution is 0.715. The van der Waals surface area contributed by atoms with Crippen LogP contribution < -0.4 is 10.6 Å². The molecule has 0 bridgehead atoms. The topological polar surface area (TPSA) is 46.6 Å². The van der Waals surface area contributed by atoms with Crippen molar-refractivity contribution in [1.29, 1.82) is 0 Å². The summed E-state index contributed by atoms with van der Waals surface area (Å²) in [6.45, 7) is 2.02. The minimum atomic E-state index is 0.138. The number of nitrogens with zero attached hydrogens (tertiary/aromatic N) is 3. The highest BCUT2D eigenvalue weighted by Crippen LogP contribution is 2.20. The normalized spacial score (nSPS) is 13.0. The molecule has 2 aromatic heterocycles. The van der Waals surface area contributed by atoms with Gasteiger partial charge in [-0.2, -0.15) is 0 Å². The van der Waals surface area contributed by atoms with E-state index >= 15 is 0 Å². The molecular formula is C12H18N4. The molecule has 0 fully saturated rings. The maximum absolute atomic E-state index is 5.88. The van der Waals surface area contributed by atoms with Gasteiger partial charge in [0.05, 0.1) is 5.69 Å². The van der Waals surface area contributed by atoms with Gasteiger partial charge in [0.2, 0.25) is 0 Å². The molecule has 1 atom stereocenters. The Morgan fingerprint density at radius 2 is 2.19 bits per heavy atom. The van der Waals surface area contributed by atoms with E-state index in [2.05, 4.69) is 9.38 Å². The first-order valence-electron chi connectivity index (χ1n) is 5.48. The summed E-state index contributed by atoms with van der Waals surface area (Å²) in [7, 11) is 4.01. The van der Waals surface area contributed by atoms with E-state index in [0.29, 0.717) is 0 Å². The molecule has 4 heteroatoms. The first-order valence-corrected chi connectivity index (χ1v) is 5.48. The maximum Gasteiger partial charge on any atom is 0.150 e. The van der Waals surface area contributed by atoms with E-state index in [4.69, 9.17) is 5.73 Å². The molecule has 16 heavy (non-hydrogen) atoms. The zero-order valence-corrected chi connectivity index (χ0v) is 10.0. The van der Waals surface area contributed by atoms with Crippen LogP contribution in [0.3, 0.4) is 0 Å². The van der Waals surface area contributed by atoms with E-state index < -0.39 is 0 Å². The molecule has 0 saturated heterocycles. The van der Waals surface area contributed by atoms with Crippen molar-refractivity contribution in [2.24, 2.45) is 5.73 Å². The van der Waals surface area contributed by atoms with Gasteiger partial charge in [0.25, 0.3) is 0 Å². The number of hydrogen-bond acceptors (Lipinski definition) is 3. The van der Waals surface area contributed by atoms with Crippen molar-refractivity contribution in [3.05, 3.63) is 30.1 Å². The highest BCUT2D eigenvalue weighted by molar-refractivity contribution is 5.55. The average molecular weight is 218 g/mol. The van der Waals surface area contributed by atoms with Crippen LogP contribution in [-0.4, -0.2) is 29.5 Å². The summed E-state index contributed by atoms with van der Waals surface area (Å²) in [6.07, 6.45) is 2.87. The zero-order valence-electron chi connectivity index (χ0n) is 10.0. The Labute approximate surface area is 95.7 Å². The Hall–Kier alpha value is -1.55. The smallest absolute Gasteiger partial charge is 0.150 e. The van der Waals surface area contributed by atoms with Crippen LogP contribution in [0.1, 0.15) is 12.6 Å². The molecule has 2 aromatic rings. The Balaban J connectivity index is 2.60. The van der Waals surface area contributed by atoms with Crippen LogP contribution in [-0.2, 0) is 6.42 Å². The van der Waals surface area contributed by atoms with Gasteiger partial charge in [-0.1, -0.05) is 6.07 Å². The Morgan fingerprint density at radius 3 is 2.81 bits per heavy atom. The number of imidazole rings is 1. The SMILES string of the molecule is CC(N)Cc1c(N(C)C)nc2ccccn12. The molecule has 1 unspecified atom stereocenters. The summed E-state index contributed by atoms with van der Waals surface area (Å²) in [6, 6.07) is 6.16. The molecule has 0 aliphatic heterocycles. The summed E-state index contributed by atoms with van der Waals surface area (Å²) in [5.41, 5.74) is 8.03. The second-order valence-electron chi connectivity index (χ2n) is 4.39. The number of anilines is 1. The summed E-state index contributed by atoms with van der Waals surface area (Å²) in [4.78, 5) is 6.63. The highest BCUT2D eigenvalue weighted by atomic mass is 15.2. The van der Waals surface area contributed by atoms with E-state index in [1.807, 2.05) is 50.3 Å². The van der Waals surface area contributed by atoms with Gasteiger partial charge in [-0.05, 0) is 19.1 Å². The van der Waals surface area contributed by atoms with E-state index in [1.165, 1.54) is 5.69 Å². The molecule has 4 nitrogen and oxygen atoms in total. The van der Waals surface area contributed by atoms with Crippen molar-refractivity contribution in [2.75, 3.05) is 19.0 Å². The van der Waals surface area contributed by atoms with E-state index in [1.54, 1.807) is 0 Å². The van der Waals surface area contributed by atoms with Gasteiger partial charge in [-0.15, -0.1) is 0 Å². The van der Waals surface area contributed by atoms with Crippen LogP contribution >= 0.6 is 0 Å². The first kappa shape index (κ1) is 11.0. The van der Waals surface area contributed by atoms with Gasteiger partial charge in [0.1, 0.15) is 5.65 Å². The summed E-state index contributed by atoms with van der Waals surface area (Å²) >= 11 is 0. The number of hydrogen-bond donors (Lipinski definition) is 1. The van der Waals surface area contributed by atoms with Crippen molar-refractivity contribution in [3.63, 3.8) is 0 Å². The molecule has 0 radical (unpaired) electrons. The third kappa shape index (κ3) is 1.88. The van der Waals surface area contributed by atoms with Gasteiger partial charge in [0, 0.05) is 32.8 Å². The largest absolute Gasteiger partial charge is 0.361 e. The third-order valence-electron chi connectivity index (χ3n) is 2.55. The fraction of sp³-hybridized carbons (Fsp3) is 0.417. The summed E-state index contributed by atoms with van der Waals surface area (Å²) in [5, 5.41) is 0. The fourth-order valence-electron chi connectivity index (χ4n) is 1.89. The molecule has 0 aliphatic rings. The maximum atomic E-state index is 5.88. The molecule has 2 rings (SSSR count). The summed E-state index contributed by atoms with van der Waals surface area (Å²) < 4.78 is 2.11. The van der Waals surface area contributed by atoms with Gasteiger partial charge < -0.3 is 15.0 Å². The lowest BCUT2D eigenvalue weighted by Crippen LogP contribution is -2.21. The molecule has 0 aromatic carbocycles. The van der Waals surface area contributed by atoms with Crippen molar-refractivity contribution in [2.45, 2.75) is 19.4 Å². The van der Waals surface area contributed by atoms with Crippen LogP contribution in [0.4, 0.5) is 5.82 Å². The van der Waals surface area contributed by atoms with Gasteiger partial charge in [0.15, 0.2) is 5.82 Å². The predicted molar refractivity (Wildman–Crippen MR) is 66.9 cm³/mol. The van der Waals surface area contributed by atoms with E-state index in [0.717, 1.165) is 17.9 Å². The average Bonchev–Trinajstić information content (AvgIpc) is 2.57. The second-order valence-corrected chi connectivity index (χ2v) is 4.39. The van der Waals surface area contributed by atoms with Gasteiger partial charge in [-0.3, -0.25) is 0 Å². The molecule has 2 heterocycles. The fourth-order valence-corrected chi connectivity index (χ4v) is 1.89. The first-order chi connectivity index (χ1) is 7.59. The van der Waals surface area contributed by atoms with Crippen molar-refractivity contribution in [1.82, 2.24) is 9.38 Å². The number of aromatic nitrogens is 2. The molecular weight excluding hydrogens is 200 g/mol. The van der Waals surface area contributed by atoms with E-state index in [-0.39, 0.29) is 6.04 Å². The Kier molecular flexibility index (Phi) is 2.83. The molecule has 0 aliphatic carbocycles. The summed E-state index contributed by atoms with van der Waals surface area (Å²) in [5.74, 6) is 1.00. The lowest BCUT2D eigenvalue weighted by Gasteiger charge is -2.13. The molecule has 0 amide bonds. The lowest BCUT2D eigenvalue weighted by atomic mass is 10.2. The predicted octanol–water partition coefficient (Wildman–Crippen LogP) is 1.29. The second kappa shape index (κ2) is 4.14. The van der Waals surface area contributed by atoms with Crippen molar-refractivity contribution >= 4 is 11.5 Å². The Morgan fingerprint density at radius 1 is 1.44 bits per heavy atom. The van der Waals surface area contributed by atoms with Crippen LogP contribution in [0.2, 0.25) is 0 Å². The van der Waals surface area contributed by atoms with Crippen molar-refractivity contribution < 1.29 is 0 Å². The molecule has 2 N–H and O–H groups in total. The number of nitrogens with two attached hydrogens (primary N) is 1. The molecule has 86 valence electrons. The van der Waals surface area contributed by atoms with Crippen LogP contribution in [0.5, 0.6) is 0 Å². The highest BCUT2D eigenvalue weighted by Gasteiger charge is 2.14. The van der Waals surface area contributed by atoms with Crippen LogP contribution in [0.25, 0.3) is 5.65 Å². The quantitative estimate of drug-likeness (QED) is 0.844. The standard InChI is InChI=1S/C12H18N4/c1-9(13)8-10-12(15(2)3)14-11-6-4-5-7-16(10)11/h4-7,9H,8,13H2,1-3H3. The monoisotopic (exact) mass is 218 g/mol. The molecule has 0 saturated carbocycles. The number of fused-ring (bicyclic) bond motifs is 1. The zero-order chi connectivity index (χ0) is 11.7. The number of pyridine rings is 1. The van der Waals surface area contributed by atoms with Gasteiger partial charge >= 0.3 is 0 Å². The van der Waals surface area contributed by atoms with Crippen LogP contribution in [0.15, 0.2) is 24.4 Å². The molecule has 0 spiro atoms. The van der Waals surface area contributed by atoms with Crippen molar-refractivity contribution in [3.8, 4) is 0 Å². The Bertz CT molecular complexity index is 485. The minimum Gasteiger partial charge on any atom is -0.361 e. The van der Waals surface area contributed by atoms with Gasteiger partial charge in [-0.25, -0.2) is 4.98 Å². The minimum absolute atomic E-state index is 0.138. The van der Waals surface area contributed by atoms with Crippen LogP contribution in [0, 0.1) is 0 Å². The third-order valence-corrected chi connectivity index (χ3v) is 2.55.